The van der Waals surface area contributed by atoms with Gasteiger partial charge in [-0.25, -0.2) is 4.98 Å². The molecule has 0 fully saturated rings. The van der Waals surface area contributed by atoms with Crippen molar-refractivity contribution in [2.24, 2.45) is 0 Å². The zero-order valence-electron chi connectivity index (χ0n) is 16.6. The Morgan fingerprint density at radius 1 is 1.14 bits per heavy atom. The predicted molar refractivity (Wildman–Crippen MR) is 105 cm³/mol. The first-order chi connectivity index (χ1) is 13.9. The molecule has 3 aromatic rings. The van der Waals surface area contributed by atoms with E-state index in [0.717, 1.165) is 0 Å². The molecule has 152 valence electrons. The number of nitrogens with one attached hydrogen (secondary N) is 2. The molecule has 0 saturated heterocycles. The average Bonchev–Trinajstić information content (AvgIpc) is 3.07. The first-order valence-electron chi connectivity index (χ1n) is 9.12. The summed E-state index contributed by atoms with van der Waals surface area (Å²) in [6.07, 6.45) is -0.829. The molecular weight excluding hydrogens is 376 g/mol. The molecule has 1 aromatic carbocycles. The Labute approximate surface area is 167 Å². The van der Waals surface area contributed by atoms with Crippen molar-refractivity contribution in [3.05, 3.63) is 47.3 Å². The second-order valence-electron chi connectivity index (χ2n) is 6.37. The van der Waals surface area contributed by atoms with Crippen molar-refractivity contribution in [1.82, 2.24) is 21.0 Å². The third-order valence-corrected chi connectivity index (χ3v) is 4.11. The maximum atomic E-state index is 12.6. The van der Waals surface area contributed by atoms with E-state index in [-0.39, 0.29) is 5.71 Å². The molecule has 9 heteroatoms. The average molecular weight is 398 g/mol. The minimum absolute atomic E-state index is 0.270. The summed E-state index contributed by atoms with van der Waals surface area (Å²) in [6, 6.07) is 8.53. The van der Waals surface area contributed by atoms with E-state index >= 15 is 0 Å². The van der Waals surface area contributed by atoms with Crippen LogP contribution in [0.15, 0.2) is 34.9 Å². The number of rotatable bonds is 6. The Bertz CT molecular complexity index is 1030. The molecule has 0 radical (unpaired) electrons. The summed E-state index contributed by atoms with van der Waals surface area (Å²) in [6.45, 7) is 7.49. The topological polar surface area (TPSA) is 116 Å². The number of hydrogen-bond donors (Lipinski definition) is 2. The number of benzene rings is 1. The van der Waals surface area contributed by atoms with Crippen LogP contribution in [0.25, 0.3) is 11.1 Å². The number of aromatic nitrogens is 2. The summed E-state index contributed by atoms with van der Waals surface area (Å²) in [7, 11) is 0. The lowest BCUT2D eigenvalue weighted by Gasteiger charge is -2.15. The van der Waals surface area contributed by atoms with Crippen LogP contribution in [0.1, 0.15) is 35.6 Å². The molecule has 0 aliphatic carbocycles. The number of carbonyl (C=O) groups is 2. The molecule has 1 atom stereocenters. The van der Waals surface area contributed by atoms with Crippen molar-refractivity contribution >= 4 is 22.9 Å². The number of pyridine rings is 1. The number of carbonyl (C=O) groups excluding carboxylic acids is 2. The molecule has 2 amide bonds. The quantitative estimate of drug-likeness (QED) is 0.613. The standard InChI is InChI=1S/C20H22N4O5/c1-5-27-14-6-8-15(9-7-14)28-13(4)18(25)22-23-19(26)16-10-11(2)21-20-17(16)12(3)24-29-20/h6-10,13H,5H2,1-4H3,(H,22,25)(H,23,26)/t13-/m0/s1. The highest BCUT2D eigenvalue weighted by atomic mass is 16.5. The van der Waals surface area contributed by atoms with Crippen LogP contribution in [0.2, 0.25) is 0 Å². The Morgan fingerprint density at radius 2 is 1.83 bits per heavy atom. The molecule has 0 aliphatic heterocycles. The van der Waals surface area contributed by atoms with E-state index in [0.29, 0.717) is 40.4 Å². The van der Waals surface area contributed by atoms with Crippen LogP contribution < -0.4 is 20.3 Å². The first-order valence-corrected chi connectivity index (χ1v) is 9.12. The van der Waals surface area contributed by atoms with Gasteiger partial charge in [0.1, 0.15) is 11.5 Å². The van der Waals surface area contributed by atoms with Gasteiger partial charge in [0.2, 0.25) is 0 Å². The Kier molecular flexibility index (Phi) is 5.96. The summed E-state index contributed by atoms with van der Waals surface area (Å²) in [5, 5.41) is 4.34. The van der Waals surface area contributed by atoms with Gasteiger partial charge < -0.3 is 14.0 Å². The SMILES string of the molecule is CCOc1ccc(O[C@@H](C)C(=O)NNC(=O)c2cc(C)nc3onc(C)c23)cc1. The lowest BCUT2D eigenvalue weighted by Crippen LogP contribution is -2.47. The molecular formula is C20H22N4O5. The van der Waals surface area contributed by atoms with Gasteiger partial charge in [-0.15, -0.1) is 0 Å². The van der Waals surface area contributed by atoms with E-state index < -0.39 is 17.9 Å². The van der Waals surface area contributed by atoms with Crippen molar-refractivity contribution < 1.29 is 23.6 Å². The maximum absolute atomic E-state index is 12.6. The molecule has 2 aromatic heterocycles. The molecule has 3 rings (SSSR count). The highest BCUT2D eigenvalue weighted by Crippen LogP contribution is 2.22. The Hall–Kier alpha value is -3.62. The highest BCUT2D eigenvalue weighted by Gasteiger charge is 2.20. The van der Waals surface area contributed by atoms with Gasteiger partial charge >= 0.3 is 0 Å². The minimum Gasteiger partial charge on any atom is -0.494 e. The summed E-state index contributed by atoms with van der Waals surface area (Å²) in [5.41, 5.74) is 6.47. The van der Waals surface area contributed by atoms with Crippen LogP contribution >= 0.6 is 0 Å². The second-order valence-corrected chi connectivity index (χ2v) is 6.37. The van der Waals surface area contributed by atoms with E-state index in [1.807, 2.05) is 6.92 Å². The molecule has 9 nitrogen and oxygen atoms in total. The highest BCUT2D eigenvalue weighted by molar-refractivity contribution is 6.06. The molecule has 2 N–H and O–H groups in total. The number of aryl methyl sites for hydroxylation is 2. The number of fused-ring (bicyclic) bond motifs is 1. The second kappa shape index (κ2) is 8.59. The van der Waals surface area contributed by atoms with E-state index in [1.54, 1.807) is 51.1 Å². The van der Waals surface area contributed by atoms with Crippen LogP contribution in [0, 0.1) is 13.8 Å². The zero-order valence-corrected chi connectivity index (χ0v) is 16.6. The lowest BCUT2D eigenvalue weighted by molar-refractivity contribution is -0.128. The number of amides is 2. The van der Waals surface area contributed by atoms with E-state index in [1.165, 1.54) is 0 Å². The Morgan fingerprint density at radius 3 is 2.52 bits per heavy atom. The van der Waals surface area contributed by atoms with Gasteiger partial charge in [0.15, 0.2) is 6.10 Å². The molecule has 0 bridgehead atoms. The first kappa shape index (κ1) is 20.1. The zero-order chi connectivity index (χ0) is 21.0. The number of hydrogen-bond acceptors (Lipinski definition) is 7. The molecule has 29 heavy (non-hydrogen) atoms. The largest absolute Gasteiger partial charge is 0.494 e. The van der Waals surface area contributed by atoms with E-state index in [2.05, 4.69) is 21.0 Å². The monoisotopic (exact) mass is 398 g/mol. The molecule has 2 heterocycles. The van der Waals surface area contributed by atoms with Crippen LogP contribution in [-0.2, 0) is 4.79 Å². The minimum atomic E-state index is -0.829. The molecule has 0 saturated carbocycles. The normalized spacial score (nSPS) is 11.7. The van der Waals surface area contributed by atoms with Crippen molar-refractivity contribution in [1.29, 1.82) is 0 Å². The van der Waals surface area contributed by atoms with E-state index in [9.17, 15) is 9.59 Å². The van der Waals surface area contributed by atoms with Crippen LogP contribution in [0.4, 0.5) is 0 Å². The summed E-state index contributed by atoms with van der Waals surface area (Å²) in [4.78, 5) is 29.1. The van der Waals surface area contributed by atoms with Gasteiger partial charge in [-0.3, -0.25) is 20.4 Å². The number of ether oxygens (including phenoxy) is 2. The smallest absolute Gasteiger partial charge is 0.279 e. The summed E-state index contributed by atoms with van der Waals surface area (Å²) < 4.78 is 16.1. The van der Waals surface area contributed by atoms with E-state index in [4.69, 9.17) is 14.0 Å². The summed E-state index contributed by atoms with van der Waals surface area (Å²) >= 11 is 0. The van der Waals surface area contributed by atoms with Crippen molar-refractivity contribution in [2.75, 3.05) is 6.61 Å². The molecule has 0 unspecified atom stereocenters. The molecule has 0 aliphatic rings. The van der Waals surface area contributed by atoms with Gasteiger partial charge in [0.05, 0.1) is 23.3 Å². The van der Waals surface area contributed by atoms with Gasteiger partial charge in [0.25, 0.3) is 17.5 Å². The summed E-state index contributed by atoms with van der Waals surface area (Å²) in [5.74, 6) is 0.214. The van der Waals surface area contributed by atoms with Crippen LogP contribution in [0.3, 0.4) is 0 Å². The third kappa shape index (κ3) is 4.63. The number of hydrazine groups is 1. The third-order valence-electron chi connectivity index (χ3n) is 4.11. The molecule has 0 spiro atoms. The van der Waals surface area contributed by atoms with Crippen LogP contribution in [0.5, 0.6) is 11.5 Å². The fourth-order valence-electron chi connectivity index (χ4n) is 2.72. The fourth-order valence-corrected chi connectivity index (χ4v) is 2.72. The lowest BCUT2D eigenvalue weighted by atomic mass is 10.1. The van der Waals surface area contributed by atoms with Gasteiger partial charge in [-0.2, -0.15) is 0 Å². The van der Waals surface area contributed by atoms with Gasteiger partial charge in [0, 0.05) is 5.69 Å². The van der Waals surface area contributed by atoms with Gasteiger partial charge in [-0.1, -0.05) is 5.16 Å². The predicted octanol–water partition coefficient (Wildman–Crippen LogP) is 2.47. The number of nitrogens with zero attached hydrogens (tertiary/aromatic N) is 2. The van der Waals surface area contributed by atoms with Crippen molar-refractivity contribution in [2.45, 2.75) is 33.8 Å². The fraction of sp³-hybridized carbons (Fsp3) is 0.300. The maximum Gasteiger partial charge on any atom is 0.279 e. The Balaban J connectivity index is 1.61. The van der Waals surface area contributed by atoms with Crippen molar-refractivity contribution in [3.63, 3.8) is 0 Å². The van der Waals surface area contributed by atoms with Crippen LogP contribution in [-0.4, -0.2) is 34.7 Å². The van der Waals surface area contributed by atoms with Crippen molar-refractivity contribution in [3.8, 4) is 11.5 Å². The van der Waals surface area contributed by atoms with Gasteiger partial charge in [-0.05, 0) is 58.0 Å².